The number of aromatic nitrogens is 3. The molecular weight excluding hydrogens is 394 g/mol. The molecule has 0 atom stereocenters. The predicted octanol–water partition coefficient (Wildman–Crippen LogP) is 4.16. The minimum Gasteiger partial charge on any atom is -0.258 e. The zero-order valence-electron chi connectivity index (χ0n) is 12.1. The topological polar surface area (TPSA) is 89.1 Å². The van der Waals surface area contributed by atoms with Gasteiger partial charge in [0.2, 0.25) is 4.77 Å². The van der Waals surface area contributed by atoms with Gasteiger partial charge >= 0.3 is 0 Å². The van der Waals surface area contributed by atoms with E-state index in [-0.39, 0.29) is 5.69 Å². The number of halogens is 1. The first-order chi connectivity index (χ1) is 11.6. The molecule has 1 aromatic heterocycles. The maximum Gasteiger partial charge on any atom is 0.269 e. The van der Waals surface area contributed by atoms with Crippen LogP contribution in [0.4, 0.5) is 5.69 Å². The van der Waals surface area contributed by atoms with Crippen LogP contribution in [-0.2, 0) is 0 Å². The second kappa shape index (κ2) is 6.85. The zero-order chi connectivity index (χ0) is 17.1. The molecule has 0 amide bonds. The van der Waals surface area contributed by atoms with Gasteiger partial charge in [-0.05, 0) is 42.0 Å². The number of nitrogens with one attached hydrogen (secondary N) is 1. The summed E-state index contributed by atoms with van der Waals surface area (Å²) in [6, 6.07) is 13.7. The maximum atomic E-state index is 10.7. The normalized spacial score (nSPS) is 11.0. The number of nitrogens with zero attached hydrogens (tertiary/aromatic N) is 4. The van der Waals surface area contributed by atoms with Crippen LogP contribution >= 0.6 is 28.1 Å². The summed E-state index contributed by atoms with van der Waals surface area (Å²) in [4.78, 5) is 10.2. The summed E-state index contributed by atoms with van der Waals surface area (Å²) >= 11 is 8.69. The summed E-state index contributed by atoms with van der Waals surface area (Å²) < 4.78 is 2.71. The molecule has 0 aliphatic carbocycles. The van der Waals surface area contributed by atoms with E-state index in [1.807, 2.05) is 24.3 Å². The number of rotatable bonds is 4. The lowest BCUT2D eigenvalue weighted by atomic mass is 10.2. The minimum atomic E-state index is -0.446. The molecule has 9 heteroatoms. The Labute approximate surface area is 149 Å². The summed E-state index contributed by atoms with van der Waals surface area (Å²) in [5, 5.41) is 21.9. The van der Waals surface area contributed by atoms with Gasteiger partial charge in [0.25, 0.3) is 5.69 Å². The summed E-state index contributed by atoms with van der Waals surface area (Å²) in [5.74, 6) is 0.561. The van der Waals surface area contributed by atoms with Crippen LogP contribution in [0.15, 0.2) is 58.1 Å². The van der Waals surface area contributed by atoms with Gasteiger partial charge in [0.1, 0.15) is 0 Å². The monoisotopic (exact) mass is 403 g/mol. The summed E-state index contributed by atoms with van der Waals surface area (Å²) in [6.07, 6.45) is 1.56. The number of nitro groups is 1. The molecule has 0 saturated carbocycles. The second-order valence-corrected chi connectivity index (χ2v) is 5.98. The van der Waals surface area contributed by atoms with Crippen molar-refractivity contribution in [1.82, 2.24) is 14.9 Å². The average Bonchev–Trinajstić information content (AvgIpc) is 2.94. The van der Waals surface area contributed by atoms with Crippen molar-refractivity contribution in [2.24, 2.45) is 5.10 Å². The van der Waals surface area contributed by atoms with Gasteiger partial charge in [-0.25, -0.2) is 5.10 Å². The fourth-order valence-corrected chi connectivity index (χ4v) is 2.66. The summed E-state index contributed by atoms with van der Waals surface area (Å²) in [7, 11) is 0. The molecule has 0 aliphatic heterocycles. The molecule has 3 rings (SSSR count). The highest BCUT2D eigenvalue weighted by molar-refractivity contribution is 9.10. The molecule has 0 spiro atoms. The van der Waals surface area contributed by atoms with Gasteiger partial charge in [-0.3, -0.25) is 10.1 Å². The molecule has 7 nitrogen and oxygen atoms in total. The third-order valence-corrected chi connectivity index (χ3v) is 4.15. The molecular formula is C15H10BrN5O2S. The van der Waals surface area contributed by atoms with Gasteiger partial charge in [-0.2, -0.15) is 14.9 Å². The van der Waals surface area contributed by atoms with E-state index in [0.29, 0.717) is 16.2 Å². The Kier molecular flexibility index (Phi) is 4.63. The molecule has 0 saturated heterocycles. The molecule has 2 aromatic carbocycles. The van der Waals surface area contributed by atoms with Gasteiger partial charge in [0.15, 0.2) is 5.82 Å². The van der Waals surface area contributed by atoms with Crippen molar-refractivity contribution in [3.63, 3.8) is 0 Å². The van der Waals surface area contributed by atoms with Crippen molar-refractivity contribution in [2.45, 2.75) is 0 Å². The molecule has 0 aliphatic rings. The lowest BCUT2D eigenvalue weighted by Crippen LogP contribution is -1.96. The van der Waals surface area contributed by atoms with Crippen molar-refractivity contribution in [3.05, 3.63) is 73.5 Å². The maximum absolute atomic E-state index is 10.7. The van der Waals surface area contributed by atoms with Gasteiger partial charge in [-0.1, -0.05) is 28.1 Å². The first-order valence-corrected chi connectivity index (χ1v) is 7.97. The van der Waals surface area contributed by atoms with Crippen LogP contribution in [0.25, 0.3) is 11.4 Å². The quantitative estimate of drug-likeness (QED) is 0.306. The lowest BCUT2D eigenvalue weighted by Gasteiger charge is -2.03. The van der Waals surface area contributed by atoms with Crippen LogP contribution in [-0.4, -0.2) is 26.0 Å². The lowest BCUT2D eigenvalue weighted by molar-refractivity contribution is -0.384. The van der Waals surface area contributed by atoms with E-state index < -0.39 is 4.92 Å². The van der Waals surface area contributed by atoms with E-state index in [0.717, 1.165) is 10.0 Å². The van der Waals surface area contributed by atoms with Crippen LogP contribution in [0.2, 0.25) is 0 Å². The third kappa shape index (κ3) is 3.31. The van der Waals surface area contributed by atoms with E-state index in [9.17, 15) is 10.1 Å². The smallest absolute Gasteiger partial charge is 0.258 e. The number of hydrogen-bond acceptors (Lipinski definition) is 5. The first kappa shape index (κ1) is 16.2. The second-order valence-electron chi connectivity index (χ2n) is 4.74. The molecule has 1 N–H and O–H groups in total. The van der Waals surface area contributed by atoms with E-state index in [1.165, 1.54) is 16.8 Å². The Bertz CT molecular complexity index is 978. The Morgan fingerprint density at radius 3 is 2.62 bits per heavy atom. The van der Waals surface area contributed by atoms with Crippen LogP contribution in [0.3, 0.4) is 0 Å². The number of hydrogen-bond donors (Lipinski definition) is 1. The largest absolute Gasteiger partial charge is 0.269 e. The third-order valence-electron chi connectivity index (χ3n) is 3.19. The Balaban J connectivity index is 1.96. The standard InChI is InChI=1S/C15H10BrN5O2S/c16-13-4-2-1-3-12(13)14-18-19-15(24)20(14)17-9-10-5-7-11(8-6-10)21(22)23/h1-9H,(H,19,24). The van der Waals surface area contributed by atoms with Crippen molar-refractivity contribution < 1.29 is 4.92 Å². The molecule has 0 unspecified atom stereocenters. The number of non-ortho nitro benzene ring substituents is 1. The van der Waals surface area contributed by atoms with Crippen molar-refractivity contribution in [1.29, 1.82) is 0 Å². The minimum absolute atomic E-state index is 0.0287. The van der Waals surface area contributed by atoms with Crippen molar-refractivity contribution >= 4 is 40.0 Å². The van der Waals surface area contributed by atoms with E-state index >= 15 is 0 Å². The van der Waals surface area contributed by atoms with Crippen LogP contribution in [0, 0.1) is 14.9 Å². The zero-order valence-corrected chi connectivity index (χ0v) is 14.5. The van der Waals surface area contributed by atoms with Gasteiger partial charge in [-0.15, -0.1) is 0 Å². The Morgan fingerprint density at radius 1 is 1.25 bits per heavy atom. The van der Waals surface area contributed by atoms with Gasteiger partial charge in [0.05, 0.1) is 11.1 Å². The molecule has 0 fully saturated rings. The van der Waals surface area contributed by atoms with Crippen LogP contribution in [0.1, 0.15) is 5.56 Å². The fraction of sp³-hybridized carbons (Fsp3) is 0. The summed E-state index contributed by atoms with van der Waals surface area (Å²) in [5.41, 5.74) is 1.58. The van der Waals surface area contributed by atoms with Crippen molar-refractivity contribution in [2.75, 3.05) is 0 Å². The number of nitro benzene ring substituents is 1. The number of benzene rings is 2. The van der Waals surface area contributed by atoms with E-state index in [1.54, 1.807) is 18.3 Å². The van der Waals surface area contributed by atoms with Crippen LogP contribution < -0.4 is 0 Å². The SMILES string of the molecule is O=[N+]([O-])c1ccc(C=Nn2c(-c3ccccc3Br)n[nH]c2=S)cc1. The molecule has 0 radical (unpaired) electrons. The van der Waals surface area contributed by atoms with E-state index in [2.05, 4.69) is 31.2 Å². The van der Waals surface area contributed by atoms with Gasteiger partial charge in [0, 0.05) is 22.2 Å². The van der Waals surface area contributed by atoms with Gasteiger partial charge < -0.3 is 0 Å². The highest BCUT2D eigenvalue weighted by Gasteiger charge is 2.11. The summed E-state index contributed by atoms with van der Waals surface area (Å²) in [6.45, 7) is 0. The van der Waals surface area contributed by atoms with E-state index in [4.69, 9.17) is 12.2 Å². The Morgan fingerprint density at radius 2 is 1.96 bits per heavy atom. The average molecular weight is 404 g/mol. The predicted molar refractivity (Wildman–Crippen MR) is 96.6 cm³/mol. The highest BCUT2D eigenvalue weighted by Crippen LogP contribution is 2.26. The van der Waals surface area contributed by atoms with Crippen LogP contribution in [0.5, 0.6) is 0 Å². The molecule has 1 heterocycles. The molecule has 0 bridgehead atoms. The molecule has 120 valence electrons. The Hall–Kier alpha value is -2.65. The number of H-pyrrole nitrogens is 1. The molecule has 24 heavy (non-hydrogen) atoms. The highest BCUT2D eigenvalue weighted by atomic mass is 79.9. The first-order valence-electron chi connectivity index (χ1n) is 6.77. The van der Waals surface area contributed by atoms with Crippen molar-refractivity contribution in [3.8, 4) is 11.4 Å². The number of aromatic amines is 1. The fourth-order valence-electron chi connectivity index (χ4n) is 2.02. The molecule has 3 aromatic rings.